The normalized spacial score (nSPS) is 17.0. The summed E-state index contributed by atoms with van der Waals surface area (Å²) in [5.74, 6) is 0.710. The summed E-state index contributed by atoms with van der Waals surface area (Å²) in [5, 5.41) is 1.33. The van der Waals surface area contributed by atoms with Gasteiger partial charge in [-0.3, -0.25) is 9.11 Å². The molecule has 1 aliphatic carbocycles. The Labute approximate surface area is 145 Å². The smallest absolute Gasteiger partial charge is 0.0959 e. The zero-order valence-electron chi connectivity index (χ0n) is 13.8. The maximum absolute atomic E-state index is 11.4. The number of benzene rings is 1. The molecule has 0 N–H and O–H groups in total. The van der Waals surface area contributed by atoms with Gasteiger partial charge in [-0.15, -0.1) is 11.3 Å². The van der Waals surface area contributed by atoms with Gasteiger partial charge in [0, 0.05) is 52.0 Å². The summed E-state index contributed by atoms with van der Waals surface area (Å²) in [6.45, 7) is 1.83. The minimum atomic E-state index is -0.900. The molecular formula is C18H24N2OS2. The van der Waals surface area contributed by atoms with Gasteiger partial charge >= 0.3 is 0 Å². The summed E-state index contributed by atoms with van der Waals surface area (Å²) in [5.41, 5.74) is 1.25. The highest BCUT2D eigenvalue weighted by Crippen LogP contribution is 2.36. The topological polar surface area (TPSA) is 33.2 Å². The molecule has 0 radical (unpaired) electrons. The van der Waals surface area contributed by atoms with Crippen LogP contribution in [0.3, 0.4) is 0 Å². The maximum Gasteiger partial charge on any atom is 0.0959 e. The average molecular weight is 349 g/mol. The van der Waals surface area contributed by atoms with Gasteiger partial charge in [0.2, 0.25) is 0 Å². The van der Waals surface area contributed by atoms with E-state index >= 15 is 0 Å². The van der Waals surface area contributed by atoms with Crippen LogP contribution in [0.2, 0.25) is 0 Å². The highest BCUT2D eigenvalue weighted by atomic mass is 32.2. The third-order valence-corrected chi connectivity index (χ3v) is 6.49. The quantitative estimate of drug-likeness (QED) is 0.785. The maximum atomic E-state index is 11.4. The lowest BCUT2D eigenvalue weighted by molar-refractivity contribution is 0.321. The van der Waals surface area contributed by atoms with E-state index in [-0.39, 0.29) is 0 Å². The average Bonchev–Trinajstić information content (AvgIpc) is 3.18. The molecule has 124 valence electrons. The van der Waals surface area contributed by atoms with Crippen LogP contribution >= 0.6 is 11.3 Å². The van der Waals surface area contributed by atoms with Gasteiger partial charge in [0.15, 0.2) is 0 Å². The lowest BCUT2D eigenvalue weighted by Gasteiger charge is -2.15. The number of nitrogens with zero attached hydrogens (tertiary/aromatic N) is 2. The Kier molecular flexibility index (Phi) is 5.62. The van der Waals surface area contributed by atoms with Gasteiger partial charge in [-0.25, -0.2) is 4.98 Å². The van der Waals surface area contributed by atoms with Gasteiger partial charge in [0.1, 0.15) is 0 Å². The molecule has 0 spiro atoms. The Morgan fingerprint density at radius 3 is 2.57 bits per heavy atom. The van der Waals surface area contributed by atoms with Crippen molar-refractivity contribution < 1.29 is 4.21 Å². The largest absolute Gasteiger partial charge is 0.297 e. The summed E-state index contributed by atoms with van der Waals surface area (Å²) in [7, 11) is 1.24. The molecule has 3 rings (SSSR count). The van der Waals surface area contributed by atoms with Crippen molar-refractivity contribution in [2.75, 3.05) is 13.3 Å². The van der Waals surface area contributed by atoms with Crippen LogP contribution in [-0.2, 0) is 23.9 Å². The van der Waals surface area contributed by atoms with Gasteiger partial charge in [0.05, 0.1) is 5.01 Å². The van der Waals surface area contributed by atoms with Crippen molar-refractivity contribution in [1.82, 2.24) is 9.88 Å². The molecule has 23 heavy (non-hydrogen) atoms. The Hall–Kier alpha value is -1.04. The molecular weight excluding hydrogens is 324 g/mol. The van der Waals surface area contributed by atoms with Crippen molar-refractivity contribution in [3.63, 3.8) is 0 Å². The Balaban J connectivity index is 1.56. The molecule has 1 aromatic heterocycles. The van der Waals surface area contributed by atoms with E-state index in [2.05, 4.69) is 35.3 Å². The SMILES string of the molecule is CN(Cc1ccc([S@](C)=O)cc1)Cc1cnc(C2CCCC2)s1. The van der Waals surface area contributed by atoms with E-state index in [1.807, 2.05) is 23.5 Å². The van der Waals surface area contributed by atoms with Crippen LogP contribution in [0, 0.1) is 0 Å². The highest BCUT2D eigenvalue weighted by Gasteiger charge is 2.20. The van der Waals surface area contributed by atoms with Crippen LogP contribution in [0.4, 0.5) is 0 Å². The zero-order chi connectivity index (χ0) is 16.2. The number of hydrogen-bond donors (Lipinski definition) is 0. The fourth-order valence-corrected chi connectivity index (χ4v) is 4.86. The molecule has 0 saturated heterocycles. The molecule has 2 aromatic rings. The monoisotopic (exact) mass is 348 g/mol. The third kappa shape index (κ3) is 4.49. The first-order valence-electron chi connectivity index (χ1n) is 8.17. The Bertz CT molecular complexity index is 660. The minimum absolute atomic E-state index is 0.710. The predicted octanol–water partition coefficient (Wildman–Crippen LogP) is 4.17. The van der Waals surface area contributed by atoms with Gasteiger partial charge in [0.25, 0.3) is 0 Å². The van der Waals surface area contributed by atoms with E-state index in [0.29, 0.717) is 5.92 Å². The summed E-state index contributed by atoms with van der Waals surface area (Å²) in [6, 6.07) is 8.07. The second kappa shape index (κ2) is 7.69. The van der Waals surface area contributed by atoms with E-state index in [4.69, 9.17) is 0 Å². The number of rotatable bonds is 6. The summed E-state index contributed by atoms with van der Waals surface area (Å²) < 4.78 is 11.4. The molecule has 1 aliphatic rings. The van der Waals surface area contributed by atoms with Crippen LogP contribution < -0.4 is 0 Å². The first-order valence-corrected chi connectivity index (χ1v) is 10.5. The molecule has 3 nitrogen and oxygen atoms in total. The van der Waals surface area contributed by atoms with E-state index in [0.717, 1.165) is 18.0 Å². The fraction of sp³-hybridized carbons (Fsp3) is 0.500. The zero-order valence-corrected chi connectivity index (χ0v) is 15.5. The van der Waals surface area contributed by atoms with Gasteiger partial charge in [-0.05, 0) is 37.6 Å². The van der Waals surface area contributed by atoms with Crippen LogP contribution in [0.1, 0.15) is 47.0 Å². The molecule has 1 aromatic carbocycles. The van der Waals surface area contributed by atoms with Gasteiger partial charge in [-0.1, -0.05) is 25.0 Å². The van der Waals surface area contributed by atoms with E-state index < -0.39 is 10.8 Å². The van der Waals surface area contributed by atoms with Crippen LogP contribution in [0.25, 0.3) is 0 Å². The van der Waals surface area contributed by atoms with Gasteiger partial charge in [-0.2, -0.15) is 0 Å². The predicted molar refractivity (Wildman–Crippen MR) is 97.3 cm³/mol. The van der Waals surface area contributed by atoms with Crippen molar-refractivity contribution in [3.05, 3.63) is 45.9 Å². The number of aromatic nitrogens is 1. The summed E-state index contributed by atoms with van der Waals surface area (Å²) in [4.78, 5) is 9.19. The summed E-state index contributed by atoms with van der Waals surface area (Å²) >= 11 is 1.88. The van der Waals surface area contributed by atoms with Crippen molar-refractivity contribution in [1.29, 1.82) is 0 Å². The molecule has 1 fully saturated rings. The molecule has 0 amide bonds. The van der Waals surface area contributed by atoms with E-state index in [1.54, 1.807) is 6.26 Å². The van der Waals surface area contributed by atoms with Gasteiger partial charge < -0.3 is 0 Å². The summed E-state index contributed by atoms with van der Waals surface area (Å²) in [6.07, 6.45) is 9.11. The third-order valence-electron chi connectivity index (χ3n) is 4.41. The molecule has 0 bridgehead atoms. The van der Waals surface area contributed by atoms with Crippen LogP contribution in [0.15, 0.2) is 35.4 Å². The van der Waals surface area contributed by atoms with Crippen LogP contribution in [0.5, 0.6) is 0 Å². The molecule has 0 aliphatic heterocycles. The number of hydrogen-bond acceptors (Lipinski definition) is 4. The molecule has 0 unspecified atom stereocenters. The van der Waals surface area contributed by atoms with Crippen molar-refractivity contribution in [2.24, 2.45) is 0 Å². The van der Waals surface area contributed by atoms with E-state index in [9.17, 15) is 4.21 Å². The van der Waals surface area contributed by atoms with E-state index in [1.165, 1.54) is 41.1 Å². The Morgan fingerprint density at radius 2 is 1.91 bits per heavy atom. The second-order valence-corrected chi connectivity index (χ2v) is 8.94. The lowest BCUT2D eigenvalue weighted by Crippen LogP contribution is -2.16. The highest BCUT2D eigenvalue weighted by molar-refractivity contribution is 7.84. The molecule has 1 saturated carbocycles. The van der Waals surface area contributed by atoms with Crippen molar-refractivity contribution in [3.8, 4) is 0 Å². The standard InChI is InChI=1S/C18H24N2OS2/c1-20(12-14-7-9-17(10-8-14)23(2)21)13-16-11-19-18(22-16)15-5-3-4-6-15/h7-11,15H,3-6,12-13H2,1-2H3/t23-/m0/s1. The molecule has 1 atom stereocenters. The Morgan fingerprint density at radius 1 is 1.22 bits per heavy atom. The first kappa shape index (κ1) is 16.8. The molecule has 1 heterocycles. The van der Waals surface area contributed by atoms with Crippen molar-refractivity contribution >= 4 is 22.1 Å². The van der Waals surface area contributed by atoms with Crippen molar-refractivity contribution in [2.45, 2.75) is 49.6 Å². The fourth-order valence-electron chi connectivity index (χ4n) is 3.18. The first-order chi connectivity index (χ1) is 11.1. The molecule has 5 heteroatoms. The lowest BCUT2D eigenvalue weighted by atomic mass is 10.1. The van der Waals surface area contributed by atoms with Crippen LogP contribution in [-0.4, -0.2) is 27.4 Å². The second-order valence-electron chi connectivity index (χ2n) is 6.42. The number of thiazole rings is 1. The minimum Gasteiger partial charge on any atom is -0.297 e.